The Kier molecular flexibility index (Phi) is 14.9. The van der Waals surface area contributed by atoms with Gasteiger partial charge in [0.25, 0.3) is 0 Å². The maximum Gasteiger partial charge on any atom is 0.220 e. The second-order valence-electron chi connectivity index (χ2n) is 3.43. The highest BCUT2D eigenvalue weighted by Gasteiger charge is 2.04. The van der Waals surface area contributed by atoms with Crippen molar-refractivity contribution in [1.29, 1.82) is 0 Å². The maximum absolute atomic E-state index is 11.7. The van der Waals surface area contributed by atoms with E-state index >= 15 is 0 Å². The smallest absolute Gasteiger partial charge is 0.220 e. The van der Waals surface area contributed by atoms with Gasteiger partial charge in [-0.3, -0.25) is 9.59 Å². The Bertz CT molecular complexity index is 236. The molecule has 2 N–H and O–H groups in total. The molecule has 0 saturated carbocycles. The van der Waals surface area contributed by atoms with Crippen LogP contribution >= 0.6 is 43.6 Å². The van der Waals surface area contributed by atoms with E-state index in [0.717, 1.165) is 16.5 Å². The summed E-state index contributed by atoms with van der Waals surface area (Å²) in [5.41, 5.74) is 0. The molecule has 112 valence electrons. The van der Waals surface area contributed by atoms with Gasteiger partial charge in [-0.2, -0.15) is 3.89 Å². The number of carbonyl (C=O) groups excluding carboxylic acids is 2. The molecule has 9 heteroatoms. The number of rotatable bonds is 12. The average molecular weight is 347 g/mol. The molecule has 0 atom stereocenters. The van der Waals surface area contributed by atoms with Crippen LogP contribution < -0.4 is 10.6 Å². The summed E-state index contributed by atoms with van der Waals surface area (Å²) in [5.74, 6) is 1.33. The van der Waals surface area contributed by atoms with Gasteiger partial charge in [-0.1, -0.05) is 32.4 Å². The van der Waals surface area contributed by atoms with Crippen molar-refractivity contribution in [3.63, 3.8) is 0 Å². The first-order chi connectivity index (χ1) is 9.20. The number of hydrogen-bond acceptors (Lipinski definition) is 6. The maximum atomic E-state index is 11.7. The molecular formula is C10H19FN2O2S4. The minimum Gasteiger partial charge on any atom is -0.355 e. The zero-order valence-corrected chi connectivity index (χ0v) is 14.0. The lowest BCUT2D eigenvalue weighted by atomic mass is 10.2. The van der Waals surface area contributed by atoms with Crippen LogP contribution in [-0.4, -0.2) is 42.7 Å². The molecule has 0 heterocycles. The van der Waals surface area contributed by atoms with Crippen LogP contribution in [0.3, 0.4) is 0 Å². The molecular weight excluding hydrogens is 327 g/mol. The van der Waals surface area contributed by atoms with E-state index in [0.29, 0.717) is 38.1 Å². The second-order valence-corrected chi connectivity index (χ2v) is 7.97. The summed E-state index contributed by atoms with van der Waals surface area (Å²) in [4.78, 5) is 22.7. The van der Waals surface area contributed by atoms with Crippen molar-refractivity contribution >= 4 is 55.4 Å². The molecule has 0 aliphatic carbocycles. The van der Waals surface area contributed by atoms with Gasteiger partial charge in [0.1, 0.15) is 11.2 Å². The molecule has 0 aromatic heterocycles. The minimum absolute atomic E-state index is 0.0149. The first kappa shape index (κ1) is 19.3. The lowest BCUT2D eigenvalue weighted by Crippen LogP contribution is -2.27. The third kappa shape index (κ3) is 14.5. The van der Waals surface area contributed by atoms with Crippen LogP contribution in [-0.2, 0) is 9.59 Å². The highest BCUT2D eigenvalue weighted by Crippen LogP contribution is 2.20. The summed E-state index contributed by atoms with van der Waals surface area (Å²) in [6.07, 6.45) is 3.24. The van der Waals surface area contributed by atoms with E-state index in [1.165, 1.54) is 0 Å². The quantitative estimate of drug-likeness (QED) is 0.418. The standard InChI is InChI=1S/C10H19FN2O2S4/c1-16-17-7-5-12-9(14)3-2-4-10(15)13-6-8-18-19-11/h2-8H2,1H3,(H,12,14)(H,13,15). The van der Waals surface area contributed by atoms with Crippen molar-refractivity contribution in [1.82, 2.24) is 10.6 Å². The van der Waals surface area contributed by atoms with Gasteiger partial charge in [-0.25, -0.2) is 0 Å². The second kappa shape index (κ2) is 14.7. The minimum atomic E-state index is -0.0878. The molecule has 19 heavy (non-hydrogen) atoms. The fraction of sp³-hybridized carbons (Fsp3) is 0.800. The molecule has 0 aliphatic heterocycles. The summed E-state index contributed by atoms with van der Waals surface area (Å²) in [5, 5.41) is 5.47. The van der Waals surface area contributed by atoms with E-state index in [1.807, 2.05) is 6.26 Å². The fourth-order valence-corrected chi connectivity index (χ4v) is 2.95. The number of halogens is 1. The van der Waals surface area contributed by atoms with Crippen molar-refractivity contribution in [2.45, 2.75) is 19.3 Å². The molecule has 0 aromatic carbocycles. The Morgan fingerprint density at radius 1 is 1.00 bits per heavy atom. The third-order valence-corrected chi connectivity index (χ3v) is 5.03. The van der Waals surface area contributed by atoms with E-state index < -0.39 is 0 Å². The van der Waals surface area contributed by atoms with Gasteiger partial charge in [0.2, 0.25) is 11.8 Å². The molecule has 0 spiro atoms. The van der Waals surface area contributed by atoms with Crippen molar-refractivity contribution < 1.29 is 13.5 Å². The molecule has 0 saturated heterocycles. The van der Waals surface area contributed by atoms with Crippen LogP contribution in [0.15, 0.2) is 0 Å². The van der Waals surface area contributed by atoms with Crippen LogP contribution in [0.1, 0.15) is 19.3 Å². The Hall–Kier alpha value is 0.270. The molecule has 0 aromatic rings. The van der Waals surface area contributed by atoms with Crippen LogP contribution in [0.4, 0.5) is 3.89 Å². The fourth-order valence-electron chi connectivity index (χ4n) is 1.17. The van der Waals surface area contributed by atoms with Crippen molar-refractivity contribution in [3.05, 3.63) is 0 Å². The lowest BCUT2D eigenvalue weighted by Gasteiger charge is -2.05. The summed E-state index contributed by atoms with van der Waals surface area (Å²) in [7, 11) is 4.43. The molecule has 0 rings (SSSR count). The number of carbonyl (C=O) groups is 2. The predicted octanol–water partition coefficient (Wildman–Crippen LogP) is 2.67. The molecule has 0 unspecified atom stereocenters. The van der Waals surface area contributed by atoms with Gasteiger partial charge in [0.05, 0.1) is 0 Å². The SMILES string of the molecule is CSSCCNC(=O)CCCC(=O)NCCSSF. The predicted molar refractivity (Wildman–Crippen MR) is 87.0 cm³/mol. The van der Waals surface area contributed by atoms with Gasteiger partial charge in [0.15, 0.2) is 0 Å². The Labute approximate surface area is 129 Å². The molecule has 2 amide bonds. The van der Waals surface area contributed by atoms with Crippen LogP contribution in [0.5, 0.6) is 0 Å². The number of nitrogens with one attached hydrogen (secondary N) is 2. The molecule has 0 aliphatic rings. The highest BCUT2D eigenvalue weighted by molar-refractivity contribution is 8.76. The molecule has 4 nitrogen and oxygen atoms in total. The topological polar surface area (TPSA) is 58.2 Å². The molecule has 0 radical (unpaired) electrons. The van der Waals surface area contributed by atoms with Gasteiger partial charge >= 0.3 is 0 Å². The van der Waals surface area contributed by atoms with E-state index in [1.54, 1.807) is 21.6 Å². The summed E-state index contributed by atoms with van der Waals surface area (Å²) >= 11 is 0.195. The van der Waals surface area contributed by atoms with Crippen molar-refractivity contribution in [2.75, 3.05) is 30.9 Å². The zero-order chi connectivity index (χ0) is 14.3. The molecule has 0 bridgehead atoms. The monoisotopic (exact) mass is 346 g/mol. The van der Waals surface area contributed by atoms with Gasteiger partial charge in [-0.15, -0.1) is 0 Å². The lowest BCUT2D eigenvalue weighted by molar-refractivity contribution is -0.122. The first-order valence-corrected chi connectivity index (χ1v) is 10.7. The van der Waals surface area contributed by atoms with E-state index in [9.17, 15) is 13.5 Å². The first-order valence-electron chi connectivity index (χ1n) is 5.80. The van der Waals surface area contributed by atoms with Crippen molar-refractivity contribution in [3.8, 4) is 0 Å². The number of amides is 2. The van der Waals surface area contributed by atoms with Crippen molar-refractivity contribution in [2.24, 2.45) is 0 Å². The summed E-state index contributed by atoms with van der Waals surface area (Å²) in [6, 6.07) is 0. The zero-order valence-electron chi connectivity index (χ0n) is 10.8. The van der Waals surface area contributed by atoms with E-state index in [-0.39, 0.29) is 23.0 Å². The Morgan fingerprint density at radius 2 is 1.53 bits per heavy atom. The highest BCUT2D eigenvalue weighted by atomic mass is 33.1. The van der Waals surface area contributed by atoms with Gasteiger partial charge in [-0.05, 0) is 12.7 Å². The Balaban J connectivity index is 3.35. The van der Waals surface area contributed by atoms with E-state index in [4.69, 9.17) is 0 Å². The third-order valence-electron chi connectivity index (χ3n) is 1.99. The van der Waals surface area contributed by atoms with Crippen LogP contribution in [0, 0.1) is 0 Å². The Morgan fingerprint density at radius 3 is 2.00 bits per heavy atom. The largest absolute Gasteiger partial charge is 0.355 e. The summed E-state index contributed by atoms with van der Waals surface area (Å²) in [6.45, 7) is 1.12. The summed E-state index contributed by atoms with van der Waals surface area (Å²) < 4.78 is 11.7. The van der Waals surface area contributed by atoms with E-state index in [2.05, 4.69) is 10.6 Å². The molecule has 0 fully saturated rings. The van der Waals surface area contributed by atoms with Gasteiger partial charge < -0.3 is 10.6 Å². The normalized spacial score (nSPS) is 10.2. The average Bonchev–Trinajstić information content (AvgIpc) is 2.40. The number of hydrogen-bond donors (Lipinski definition) is 2. The van der Waals surface area contributed by atoms with Gasteiger partial charge in [0, 0.05) is 37.4 Å². The van der Waals surface area contributed by atoms with Crippen LogP contribution in [0.25, 0.3) is 0 Å². The van der Waals surface area contributed by atoms with Crippen LogP contribution in [0.2, 0.25) is 0 Å².